The van der Waals surface area contributed by atoms with Crippen LogP contribution in [0.1, 0.15) is 0 Å². The van der Waals surface area contributed by atoms with Gasteiger partial charge in [-0.05, 0) is 0 Å². The summed E-state index contributed by atoms with van der Waals surface area (Å²) in [6.07, 6.45) is 0. The molecule has 0 atom stereocenters. The molecule has 0 amide bonds. The van der Waals surface area contributed by atoms with Crippen LogP contribution in [-0.4, -0.2) is 0 Å². The monoisotopic (exact) mass is 135 g/mol. The average molecular weight is 136 g/mol. The zero-order valence-corrected chi connectivity index (χ0v) is 3.38. The molecule has 0 nitrogen and oxygen atoms in total. The average Bonchev–Trinajstić information content (AvgIpc) is 0.811. The Bertz CT molecular complexity index is 11.6. The van der Waals surface area contributed by atoms with E-state index in [4.69, 9.17) is 0 Å². The topological polar surface area (TPSA) is 0 Å². The quantitative estimate of drug-likeness (QED) is 0.351. The van der Waals surface area contributed by atoms with Crippen LogP contribution in [0, 0.1) is 7.43 Å². The molecule has 4 heteroatoms. The van der Waals surface area contributed by atoms with Gasteiger partial charge in [0.25, 0.3) is 0 Å². The van der Waals surface area contributed by atoms with Crippen LogP contribution in [0.4, 0.5) is 10.7 Å². The Morgan fingerprint density at radius 2 is 1.00 bits per heavy atom. The second kappa shape index (κ2) is 4.31. The minimum absolute atomic E-state index is 0. The molecule has 0 aliphatic heterocycles. The summed E-state index contributed by atoms with van der Waals surface area (Å²) in [7, 11) is 0. The molecule has 0 fully saturated rings. The first kappa shape index (κ1) is 9.00. The predicted octanol–water partition coefficient (Wildman–Crippen LogP) is 1.71. The molecule has 0 heterocycles. The predicted molar refractivity (Wildman–Crippen MR) is 9.74 cm³/mol. The van der Waals surface area contributed by atoms with E-state index >= 15 is 0 Å². The van der Waals surface area contributed by atoms with E-state index in [1.807, 2.05) is 0 Å². The first-order valence-corrected chi connectivity index (χ1v) is 1.41. The maximum absolute atomic E-state index is 9.69. The summed E-state index contributed by atoms with van der Waals surface area (Å²) in [6, 6.07) is 0. The summed E-state index contributed by atoms with van der Waals surface area (Å²) in [5, 5.41) is 0. The summed E-state index contributed by atoms with van der Waals surface area (Å²) in [5.74, 6) is 0. The van der Waals surface area contributed by atoms with Crippen molar-refractivity contribution >= 4 is 0 Å². The zero-order valence-electron chi connectivity index (χ0n) is 2.44. The van der Waals surface area contributed by atoms with E-state index in [1.54, 1.807) is 0 Å². The van der Waals surface area contributed by atoms with Crippen molar-refractivity contribution in [2.45, 2.75) is 0 Å². The Labute approximate surface area is 34.3 Å². The van der Waals surface area contributed by atoms with Crippen molar-refractivity contribution in [3.05, 3.63) is 7.43 Å². The van der Waals surface area contributed by atoms with Crippen molar-refractivity contribution in [3.8, 4) is 0 Å². The van der Waals surface area contributed by atoms with Crippen molar-refractivity contribution in [3.63, 3.8) is 0 Å². The van der Waals surface area contributed by atoms with E-state index in [9.17, 15) is 10.7 Å². The molecule has 0 radical (unpaired) electrons. The van der Waals surface area contributed by atoms with Crippen molar-refractivity contribution in [1.82, 2.24) is 0 Å². The first-order chi connectivity index (χ1) is 1.73. The van der Waals surface area contributed by atoms with Crippen molar-refractivity contribution in [2.24, 2.45) is 0 Å². The molecule has 0 aromatic rings. The van der Waals surface area contributed by atoms with Crippen LogP contribution in [0.3, 0.4) is 0 Å². The van der Waals surface area contributed by atoms with Crippen molar-refractivity contribution < 1.29 is 25.9 Å². The van der Waals surface area contributed by atoms with E-state index in [2.05, 4.69) is 0 Å². The Morgan fingerprint density at radius 1 is 1.00 bits per heavy atom. The molecular weight excluding hydrogens is 133 g/mol. The zero-order chi connectivity index (χ0) is 3.58. The van der Waals surface area contributed by atoms with Gasteiger partial charge in [-0.25, -0.2) is 0 Å². The second-order valence-corrected chi connectivity index (χ2v) is 0.533. The molecule has 0 aromatic heterocycles. The fraction of sp³-hybridized carbons (Fsp3) is 0. The van der Waals surface area contributed by atoms with Gasteiger partial charge in [0.2, 0.25) is 0 Å². The molecule has 0 aliphatic carbocycles. The molecule has 0 aromatic carbocycles. The second-order valence-electron chi connectivity index (χ2n) is 0.129. The van der Waals surface area contributed by atoms with Crippen LogP contribution < -0.4 is 0 Å². The summed E-state index contributed by atoms with van der Waals surface area (Å²) in [4.78, 5) is 0. The maximum atomic E-state index is 9.69. The van der Waals surface area contributed by atoms with E-state index in [0.717, 1.165) is 0 Å². The SMILES string of the molecule is [CH3-].[F][Cu-]([F])[F]. The molecule has 0 saturated heterocycles. The van der Waals surface area contributed by atoms with E-state index in [1.165, 1.54) is 0 Å². The number of hydrogen-bond acceptors (Lipinski definition) is 0. The standard InChI is InChI=1S/CH3.Cu.3FH/h1H3;;3*1H/q-1;+2;;;/p-3. The molecule has 0 spiro atoms. The van der Waals surface area contributed by atoms with Crippen LogP contribution in [0.15, 0.2) is 0 Å². The van der Waals surface area contributed by atoms with Crippen LogP contribution in [0.2, 0.25) is 0 Å². The number of halogens is 3. The van der Waals surface area contributed by atoms with E-state index < -0.39 is 15.3 Å². The van der Waals surface area contributed by atoms with Crippen LogP contribution in [-0.2, 0) is 15.3 Å². The Kier molecular flexibility index (Phi) is 7.76. The minimum atomic E-state index is -3.81. The molecule has 0 bridgehead atoms. The third-order valence-corrected chi connectivity index (χ3v) is 0. The van der Waals surface area contributed by atoms with Gasteiger partial charge >= 0.3 is 25.9 Å². The summed E-state index contributed by atoms with van der Waals surface area (Å²) < 4.78 is 29.1. The molecule has 0 saturated carbocycles. The van der Waals surface area contributed by atoms with E-state index in [-0.39, 0.29) is 7.43 Å². The van der Waals surface area contributed by atoms with Crippen LogP contribution in [0.25, 0.3) is 0 Å². The Morgan fingerprint density at radius 3 is 1.00 bits per heavy atom. The van der Waals surface area contributed by atoms with Gasteiger partial charge in [-0.1, -0.05) is 0 Å². The Hall–Kier alpha value is 0.309. The van der Waals surface area contributed by atoms with Gasteiger partial charge in [0.1, 0.15) is 0 Å². The van der Waals surface area contributed by atoms with Crippen LogP contribution >= 0.6 is 0 Å². The van der Waals surface area contributed by atoms with Crippen LogP contribution in [0.5, 0.6) is 0 Å². The summed E-state index contributed by atoms with van der Waals surface area (Å²) >= 11 is -3.81. The van der Waals surface area contributed by atoms with Gasteiger partial charge in [0.05, 0.1) is 0 Å². The van der Waals surface area contributed by atoms with Gasteiger partial charge in [-0.15, -0.1) is 0 Å². The first-order valence-electron chi connectivity index (χ1n) is 0.342. The fourth-order valence-corrected chi connectivity index (χ4v) is 0. The molecule has 0 N–H and O–H groups in total. The molecule has 41 valence electrons. The van der Waals surface area contributed by atoms with Gasteiger partial charge in [0.15, 0.2) is 0 Å². The molecule has 0 rings (SSSR count). The summed E-state index contributed by atoms with van der Waals surface area (Å²) in [6.45, 7) is 0. The van der Waals surface area contributed by atoms with E-state index in [0.29, 0.717) is 0 Å². The van der Waals surface area contributed by atoms with Crippen molar-refractivity contribution in [1.29, 1.82) is 0 Å². The number of hydrogen-bond donors (Lipinski definition) is 0. The summed E-state index contributed by atoms with van der Waals surface area (Å²) in [5.41, 5.74) is 0. The van der Waals surface area contributed by atoms with Crippen molar-refractivity contribution in [2.75, 3.05) is 0 Å². The van der Waals surface area contributed by atoms with Gasteiger partial charge in [0, 0.05) is 0 Å². The van der Waals surface area contributed by atoms with Gasteiger partial charge < -0.3 is 7.43 Å². The third-order valence-electron chi connectivity index (χ3n) is 0. The third kappa shape index (κ3) is 240. The normalized spacial score (nSPS) is 9.00. The molecule has 0 aliphatic rings. The van der Waals surface area contributed by atoms with Gasteiger partial charge in [-0.3, -0.25) is 0 Å². The number of rotatable bonds is 0. The Balaban J connectivity index is 0. The molecule has 5 heavy (non-hydrogen) atoms. The molecular formula is CH3CuF3-2. The fourth-order valence-electron chi connectivity index (χ4n) is 0. The molecule has 0 unspecified atom stereocenters. The van der Waals surface area contributed by atoms with Gasteiger partial charge in [-0.2, -0.15) is 0 Å².